The lowest BCUT2D eigenvalue weighted by atomic mass is 9.96. The Balaban J connectivity index is 1.68. The summed E-state index contributed by atoms with van der Waals surface area (Å²) in [6.07, 6.45) is 3.10. The summed E-state index contributed by atoms with van der Waals surface area (Å²) in [7, 11) is 4.85. The normalized spacial score (nSPS) is 11.2. The molecule has 0 unspecified atom stereocenters. The second-order valence-electron chi connectivity index (χ2n) is 9.10. The maximum Gasteiger partial charge on any atom is 0.261 e. The third-order valence-corrected chi connectivity index (χ3v) is 6.53. The Bertz CT molecular complexity index is 1760. The SMILES string of the molecule is COc1cc(Cn2cnc3c(-c4ccc(F)cc4C)cc(Cn4cnn(C)c4=N)cc3c2=O)cc(OC)c1. The number of hydrogen-bond donors (Lipinski definition) is 1. The van der Waals surface area contributed by atoms with Gasteiger partial charge in [0.1, 0.15) is 23.6 Å². The Labute approximate surface area is 217 Å². The summed E-state index contributed by atoms with van der Waals surface area (Å²) >= 11 is 0. The highest BCUT2D eigenvalue weighted by molar-refractivity contribution is 5.94. The Hall–Kier alpha value is -4.73. The predicted octanol–water partition coefficient (Wildman–Crippen LogP) is 3.64. The molecule has 3 aromatic carbocycles. The third-order valence-electron chi connectivity index (χ3n) is 6.53. The first-order chi connectivity index (χ1) is 18.3. The molecule has 0 aliphatic carbocycles. The smallest absolute Gasteiger partial charge is 0.261 e. The molecule has 0 bridgehead atoms. The largest absolute Gasteiger partial charge is 0.497 e. The summed E-state index contributed by atoms with van der Waals surface area (Å²) in [4.78, 5) is 18.5. The highest BCUT2D eigenvalue weighted by Crippen LogP contribution is 2.31. The lowest BCUT2D eigenvalue weighted by Gasteiger charge is -2.14. The number of methoxy groups -OCH3 is 2. The molecule has 0 atom stereocenters. The monoisotopic (exact) mass is 514 g/mol. The summed E-state index contributed by atoms with van der Waals surface area (Å²) in [6.45, 7) is 2.42. The minimum absolute atomic E-state index is 0.220. The molecule has 2 heterocycles. The molecule has 0 saturated heterocycles. The van der Waals surface area contributed by atoms with Crippen molar-refractivity contribution in [3.63, 3.8) is 0 Å². The van der Waals surface area contributed by atoms with E-state index in [-0.39, 0.29) is 23.5 Å². The lowest BCUT2D eigenvalue weighted by Crippen LogP contribution is -2.24. The van der Waals surface area contributed by atoms with Gasteiger partial charge in [-0.05, 0) is 65.6 Å². The van der Waals surface area contributed by atoms with E-state index in [1.54, 1.807) is 50.4 Å². The van der Waals surface area contributed by atoms with Gasteiger partial charge < -0.3 is 9.47 Å². The summed E-state index contributed by atoms with van der Waals surface area (Å²) in [5.41, 5.74) is 4.37. The van der Waals surface area contributed by atoms with Crippen LogP contribution in [0.15, 0.2) is 66.0 Å². The molecule has 0 amide bonds. The fraction of sp³-hybridized carbons (Fsp3) is 0.214. The van der Waals surface area contributed by atoms with Crippen molar-refractivity contribution in [2.24, 2.45) is 7.05 Å². The van der Waals surface area contributed by atoms with E-state index in [0.29, 0.717) is 28.9 Å². The predicted molar refractivity (Wildman–Crippen MR) is 141 cm³/mol. The van der Waals surface area contributed by atoms with E-state index in [2.05, 4.69) is 10.1 Å². The molecule has 0 radical (unpaired) electrons. The summed E-state index contributed by atoms with van der Waals surface area (Å²) < 4.78 is 29.3. The van der Waals surface area contributed by atoms with Crippen LogP contribution >= 0.6 is 0 Å². The van der Waals surface area contributed by atoms with Gasteiger partial charge in [0.15, 0.2) is 0 Å². The molecule has 5 aromatic rings. The van der Waals surface area contributed by atoms with Crippen LogP contribution < -0.4 is 20.7 Å². The Morgan fingerprint density at radius 3 is 2.21 bits per heavy atom. The van der Waals surface area contributed by atoms with Gasteiger partial charge in [-0.15, -0.1) is 0 Å². The molecule has 9 nitrogen and oxygen atoms in total. The fourth-order valence-electron chi connectivity index (χ4n) is 4.57. The van der Waals surface area contributed by atoms with Gasteiger partial charge in [-0.1, -0.05) is 6.07 Å². The summed E-state index contributed by atoms with van der Waals surface area (Å²) in [6, 6.07) is 13.8. The van der Waals surface area contributed by atoms with Gasteiger partial charge in [0.2, 0.25) is 5.62 Å². The van der Waals surface area contributed by atoms with Crippen LogP contribution in [0.5, 0.6) is 11.5 Å². The zero-order valence-corrected chi connectivity index (χ0v) is 21.5. The number of aryl methyl sites for hydroxylation is 2. The van der Waals surface area contributed by atoms with Crippen molar-refractivity contribution in [1.29, 1.82) is 5.41 Å². The van der Waals surface area contributed by atoms with Crippen molar-refractivity contribution in [3.8, 4) is 22.6 Å². The van der Waals surface area contributed by atoms with Gasteiger partial charge in [0.25, 0.3) is 5.56 Å². The van der Waals surface area contributed by atoms with Crippen LogP contribution in [0.25, 0.3) is 22.0 Å². The number of fused-ring (bicyclic) bond motifs is 1. The van der Waals surface area contributed by atoms with Gasteiger partial charge >= 0.3 is 0 Å². The number of benzene rings is 3. The molecule has 38 heavy (non-hydrogen) atoms. The average molecular weight is 515 g/mol. The van der Waals surface area contributed by atoms with Crippen molar-refractivity contribution >= 4 is 10.9 Å². The molecule has 0 fully saturated rings. The van der Waals surface area contributed by atoms with E-state index >= 15 is 0 Å². The number of rotatable bonds is 7. The maximum absolute atomic E-state index is 13.9. The van der Waals surface area contributed by atoms with Crippen LogP contribution in [0.4, 0.5) is 4.39 Å². The van der Waals surface area contributed by atoms with Crippen LogP contribution in [0.2, 0.25) is 0 Å². The number of nitrogens with zero attached hydrogens (tertiary/aromatic N) is 5. The second kappa shape index (κ2) is 9.97. The minimum atomic E-state index is -0.333. The van der Waals surface area contributed by atoms with Gasteiger partial charge in [-0.3, -0.25) is 19.3 Å². The van der Waals surface area contributed by atoms with E-state index in [1.807, 2.05) is 25.1 Å². The number of hydrogen-bond acceptors (Lipinski definition) is 6. The summed E-state index contributed by atoms with van der Waals surface area (Å²) in [5, 5.41) is 12.8. The molecular weight excluding hydrogens is 487 g/mol. The number of halogens is 1. The van der Waals surface area contributed by atoms with Crippen LogP contribution in [0, 0.1) is 18.2 Å². The molecule has 194 valence electrons. The van der Waals surface area contributed by atoms with Crippen molar-refractivity contribution in [2.45, 2.75) is 20.0 Å². The molecule has 0 aliphatic heterocycles. The fourth-order valence-corrected chi connectivity index (χ4v) is 4.57. The highest BCUT2D eigenvalue weighted by Gasteiger charge is 2.16. The Kier molecular flexibility index (Phi) is 6.54. The second-order valence-corrected chi connectivity index (χ2v) is 9.10. The van der Waals surface area contributed by atoms with E-state index in [1.165, 1.54) is 27.7 Å². The van der Waals surface area contributed by atoms with E-state index in [9.17, 15) is 9.18 Å². The average Bonchev–Trinajstić information content (AvgIpc) is 3.22. The van der Waals surface area contributed by atoms with Gasteiger partial charge in [-0.25, -0.2) is 14.1 Å². The molecule has 0 aliphatic rings. The first-order valence-electron chi connectivity index (χ1n) is 11.9. The highest BCUT2D eigenvalue weighted by atomic mass is 19.1. The molecule has 10 heteroatoms. The van der Waals surface area contributed by atoms with Crippen LogP contribution in [-0.2, 0) is 20.1 Å². The lowest BCUT2D eigenvalue weighted by molar-refractivity contribution is 0.393. The number of nitrogens with one attached hydrogen (secondary N) is 1. The number of ether oxygens (including phenoxy) is 2. The zero-order valence-electron chi connectivity index (χ0n) is 21.5. The van der Waals surface area contributed by atoms with E-state index < -0.39 is 0 Å². The first-order valence-corrected chi connectivity index (χ1v) is 11.9. The van der Waals surface area contributed by atoms with Crippen molar-refractivity contribution < 1.29 is 13.9 Å². The van der Waals surface area contributed by atoms with E-state index in [4.69, 9.17) is 14.9 Å². The molecule has 5 rings (SSSR count). The van der Waals surface area contributed by atoms with Crippen LogP contribution in [-0.4, -0.2) is 38.1 Å². The van der Waals surface area contributed by atoms with Gasteiger partial charge in [0, 0.05) is 18.7 Å². The van der Waals surface area contributed by atoms with E-state index in [0.717, 1.165) is 27.8 Å². The maximum atomic E-state index is 13.9. The molecule has 0 spiro atoms. The summed E-state index contributed by atoms with van der Waals surface area (Å²) in [5.74, 6) is 0.912. The van der Waals surface area contributed by atoms with Gasteiger partial charge in [-0.2, -0.15) is 5.10 Å². The molecule has 2 aromatic heterocycles. The Morgan fingerprint density at radius 2 is 1.58 bits per heavy atom. The molecular formula is C28H27FN6O3. The zero-order chi connectivity index (χ0) is 27.0. The standard InChI is InChI=1S/C28H27FN6O3/c1-17-7-20(29)5-6-23(17)24-10-19(14-35-16-32-33(2)28(35)30)11-25-26(24)31-15-34(27(25)36)13-18-8-21(37-3)12-22(9-18)38-4/h5-12,15-16,30H,13-14H2,1-4H3. The van der Waals surface area contributed by atoms with Gasteiger partial charge in [0.05, 0.1) is 44.5 Å². The Morgan fingerprint density at radius 1 is 0.895 bits per heavy atom. The van der Waals surface area contributed by atoms with Crippen LogP contribution in [0.3, 0.4) is 0 Å². The first kappa shape index (κ1) is 24.9. The molecule has 1 N–H and O–H groups in total. The van der Waals surface area contributed by atoms with Crippen molar-refractivity contribution in [2.75, 3.05) is 14.2 Å². The van der Waals surface area contributed by atoms with Crippen LogP contribution in [0.1, 0.15) is 16.7 Å². The third kappa shape index (κ3) is 4.68. The van der Waals surface area contributed by atoms with Crippen molar-refractivity contribution in [3.05, 3.63) is 99.7 Å². The quantitative estimate of drug-likeness (QED) is 0.358. The van der Waals surface area contributed by atoms with Crippen molar-refractivity contribution in [1.82, 2.24) is 23.9 Å². The number of aromatic nitrogens is 5. The topological polar surface area (TPSA) is 100.0 Å². The molecule has 0 saturated carbocycles. The minimum Gasteiger partial charge on any atom is -0.497 e.